The van der Waals surface area contributed by atoms with Crippen LogP contribution in [-0.2, 0) is 15.0 Å². The maximum Gasteiger partial charge on any atom is 0.423 e. The van der Waals surface area contributed by atoms with E-state index in [4.69, 9.17) is 20.5 Å². The van der Waals surface area contributed by atoms with E-state index in [1.807, 2.05) is 0 Å². The number of fused-ring (bicyclic) bond motifs is 1. The van der Waals surface area contributed by atoms with Crippen LogP contribution in [0.1, 0.15) is 32.1 Å². The first-order valence-electron chi connectivity index (χ1n) is 8.92. The van der Waals surface area contributed by atoms with Crippen LogP contribution in [0.25, 0.3) is 0 Å². The molecule has 0 bridgehead atoms. The summed E-state index contributed by atoms with van der Waals surface area (Å²) in [4.78, 5) is 13.5. The summed E-state index contributed by atoms with van der Waals surface area (Å²) < 4.78 is 35.6. The molecular weight excluding hydrogens is 380 g/mol. The molecule has 7 nitrogen and oxygen atoms in total. The molecule has 2 aliphatic rings. The second kappa shape index (κ2) is 8.45. The molecule has 9 heteroatoms. The van der Waals surface area contributed by atoms with E-state index in [-0.39, 0.29) is 18.3 Å². The lowest BCUT2D eigenvalue weighted by atomic mass is 9.84. The topological polar surface area (TPSA) is 86.1 Å². The summed E-state index contributed by atoms with van der Waals surface area (Å²) in [6, 6.07) is 6.29. The zero-order valence-electron chi connectivity index (χ0n) is 14.4. The normalized spacial score (nSPS) is 25.8. The van der Waals surface area contributed by atoms with E-state index in [1.165, 1.54) is 50.2 Å². The Morgan fingerprint density at radius 3 is 2.65 bits per heavy atom. The van der Waals surface area contributed by atoms with Crippen LogP contribution >= 0.6 is 11.6 Å². The smallest absolute Gasteiger partial charge is 0.423 e. The maximum absolute atomic E-state index is 11.9. The van der Waals surface area contributed by atoms with E-state index in [2.05, 4.69) is 0 Å². The Hall–Kier alpha value is -1.51. The molecule has 3 unspecified atom stereocenters. The second-order valence-electron chi connectivity index (χ2n) is 6.85. The number of carbonyl (C=O) groups is 1. The van der Waals surface area contributed by atoms with Crippen LogP contribution in [0, 0.1) is 5.92 Å². The minimum Gasteiger partial charge on any atom is -0.448 e. The third kappa shape index (κ3) is 5.25. The van der Waals surface area contributed by atoms with E-state index in [9.17, 15) is 13.2 Å². The quantitative estimate of drug-likeness (QED) is 0.778. The molecule has 3 rings (SSSR count). The Balaban J connectivity index is 1.49. The Bertz CT molecular complexity index is 723. The predicted molar refractivity (Wildman–Crippen MR) is 96.5 cm³/mol. The average Bonchev–Trinajstić information content (AvgIpc) is 2.61. The number of benzene rings is 1. The lowest BCUT2D eigenvalue weighted by Gasteiger charge is -2.40. The minimum atomic E-state index is -4.30. The van der Waals surface area contributed by atoms with Gasteiger partial charge in [0.15, 0.2) is 0 Å². The lowest BCUT2D eigenvalue weighted by molar-refractivity contribution is -0.940. The van der Waals surface area contributed by atoms with Gasteiger partial charge >= 0.3 is 16.4 Å². The highest BCUT2D eigenvalue weighted by molar-refractivity contribution is 7.85. The van der Waals surface area contributed by atoms with Crippen LogP contribution in [0.2, 0.25) is 5.02 Å². The molecule has 0 radical (unpaired) electrons. The van der Waals surface area contributed by atoms with Crippen molar-refractivity contribution in [3.8, 4) is 5.75 Å². The minimum absolute atomic E-state index is 0.0587. The summed E-state index contributed by atoms with van der Waals surface area (Å²) in [6.45, 7) is 2.59. The summed E-state index contributed by atoms with van der Waals surface area (Å²) in [5.74, 6) is 0.341. The van der Waals surface area contributed by atoms with Crippen LogP contribution in [-0.4, -0.2) is 40.2 Å². The fraction of sp³-hybridized carbons (Fsp3) is 0.588. The Morgan fingerprint density at radius 1 is 1.15 bits per heavy atom. The molecule has 1 aromatic rings. The van der Waals surface area contributed by atoms with Gasteiger partial charge in [-0.2, -0.15) is 13.1 Å². The fourth-order valence-electron chi connectivity index (χ4n) is 3.93. The summed E-state index contributed by atoms with van der Waals surface area (Å²) in [6.07, 6.45) is 4.71. The van der Waals surface area contributed by atoms with E-state index in [0.29, 0.717) is 11.1 Å². The Kier molecular flexibility index (Phi) is 6.26. The van der Waals surface area contributed by atoms with E-state index < -0.39 is 16.4 Å². The zero-order chi connectivity index (χ0) is 18.6. The largest absolute Gasteiger partial charge is 0.448 e. The number of hydrogen-bond donors (Lipinski definition) is 2. The van der Waals surface area contributed by atoms with E-state index in [0.717, 1.165) is 19.3 Å². The highest BCUT2D eigenvalue weighted by atomic mass is 35.5. The number of rotatable bonds is 5. The molecule has 2 N–H and O–H groups in total. The number of carbonyl (C=O) groups excluding carboxylic acids is 1. The van der Waals surface area contributed by atoms with Gasteiger partial charge in [0.05, 0.1) is 19.1 Å². The van der Waals surface area contributed by atoms with Crippen LogP contribution in [0.4, 0.5) is 4.79 Å². The van der Waals surface area contributed by atoms with Gasteiger partial charge in [-0.1, -0.05) is 11.6 Å². The molecular formula is C17H24ClN2O5S+. The molecule has 0 aliphatic carbocycles. The van der Waals surface area contributed by atoms with Gasteiger partial charge in [0, 0.05) is 10.9 Å². The van der Waals surface area contributed by atoms with Gasteiger partial charge < -0.3 is 13.8 Å². The summed E-state index contributed by atoms with van der Waals surface area (Å²) in [5.41, 5.74) is 0. The summed E-state index contributed by atoms with van der Waals surface area (Å²) in [5, 5.41) is 0.452. The fourth-order valence-corrected chi connectivity index (χ4v) is 4.72. The van der Waals surface area contributed by atoms with E-state index >= 15 is 0 Å². The summed E-state index contributed by atoms with van der Waals surface area (Å²) in [7, 11) is -4.30. The van der Waals surface area contributed by atoms with Crippen molar-refractivity contribution in [2.45, 2.75) is 38.1 Å². The van der Waals surface area contributed by atoms with Gasteiger partial charge in [-0.05, 0) is 56.4 Å². The first kappa shape index (κ1) is 19.3. The van der Waals surface area contributed by atoms with Crippen LogP contribution in [0.15, 0.2) is 24.3 Å². The maximum atomic E-state index is 11.9. The third-order valence-electron chi connectivity index (χ3n) is 5.09. The highest BCUT2D eigenvalue weighted by Crippen LogP contribution is 2.21. The zero-order valence-corrected chi connectivity index (χ0v) is 16.0. The number of hydrogen-bond acceptors (Lipinski definition) is 5. The van der Waals surface area contributed by atoms with Crippen molar-refractivity contribution in [1.82, 2.24) is 4.72 Å². The van der Waals surface area contributed by atoms with Gasteiger partial charge in [0.2, 0.25) is 0 Å². The standard InChI is InChI=1S/C17H23ClN2O5S/c18-14-6-8-15(9-7-14)25-26(22,23)19-17(21)24-12-13-4-3-11-20-10-2-1-5-16(13)20/h6-9,13,16H,1-5,10-12H2,(H,19,21)/p+1. The van der Waals surface area contributed by atoms with Gasteiger partial charge in [-0.25, -0.2) is 4.79 Å². The van der Waals surface area contributed by atoms with Crippen molar-refractivity contribution in [1.29, 1.82) is 0 Å². The Morgan fingerprint density at radius 2 is 1.88 bits per heavy atom. The van der Waals surface area contributed by atoms with Crippen molar-refractivity contribution in [2.24, 2.45) is 5.92 Å². The molecule has 1 amide bonds. The van der Waals surface area contributed by atoms with Gasteiger partial charge in [0.1, 0.15) is 12.4 Å². The van der Waals surface area contributed by atoms with Crippen molar-refractivity contribution in [3.63, 3.8) is 0 Å². The van der Waals surface area contributed by atoms with Crippen molar-refractivity contribution in [2.75, 3.05) is 19.7 Å². The number of nitrogens with one attached hydrogen (secondary N) is 2. The second-order valence-corrected chi connectivity index (χ2v) is 8.57. The van der Waals surface area contributed by atoms with Crippen molar-refractivity contribution >= 4 is 28.0 Å². The molecule has 2 fully saturated rings. The van der Waals surface area contributed by atoms with Crippen molar-refractivity contribution < 1.29 is 27.0 Å². The Labute approximate surface area is 158 Å². The SMILES string of the molecule is O=C(NS(=O)(=O)Oc1ccc(Cl)cc1)OCC1CCC[NH+]2CCCCC12. The number of quaternary nitrogens is 1. The summed E-state index contributed by atoms with van der Waals surface area (Å²) >= 11 is 5.73. The third-order valence-corrected chi connectivity index (χ3v) is 6.17. The molecule has 0 aromatic heterocycles. The molecule has 2 saturated heterocycles. The molecule has 0 spiro atoms. The van der Waals surface area contributed by atoms with Crippen LogP contribution in [0.5, 0.6) is 5.75 Å². The highest BCUT2D eigenvalue weighted by Gasteiger charge is 2.37. The molecule has 2 heterocycles. The number of ether oxygens (including phenoxy) is 1. The van der Waals surface area contributed by atoms with Crippen LogP contribution < -0.4 is 13.8 Å². The molecule has 2 aliphatic heterocycles. The molecule has 144 valence electrons. The lowest BCUT2D eigenvalue weighted by Crippen LogP contribution is -3.18. The van der Waals surface area contributed by atoms with Crippen molar-refractivity contribution in [3.05, 3.63) is 29.3 Å². The number of amides is 1. The molecule has 0 saturated carbocycles. The first-order chi connectivity index (χ1) is 12.4. The van der Waals surface area contributed by atoms with Gasteiger partial charge in [0.25, 0.3) is 0 Å². The van der Waals surface area contributed by atoms with Gasteiger partial charge in [-0.3, -0.25) is 0 Å². The average molecular weight is 404 g/mol. The van der Waals surface area contributed by atoms with E-state index in [1.54, 1.807) is 9.62 Å². The number of piperidine rings is 2. The molecule has 1 aromatic carbocycles. The predicted octanol–water partition coefficient (Wildman–Crippen LogP) is 1.54. The van der Waals surface area contributed by atoms with Gasteiger partial charge in [-0.15, -0.1) is 0 Å². The number of halogens is 1. The molecule has 26 heavy (non-hydrogen) atoms. The van der Waals surface area contributed by atoms with Crippen LogP contribution in [0.3, 0.4) is 0 Å². The molecule has 3 atom stereocenters. The monoisotopic (exact) mass is 403 g/mol. The first-order valence-corrected chi connectivity index (χ1v) is 10.7.